The second-order valence-corrected chi connectivity index (χ2v) is 8.66. The second kappa shape index (κ2) is 7.17. The maximum Gasteiger partial charge on any atom is 0.240 e. The molecule has 0 aliphatic carbocycles. The Hall–Kier alpha value is -1.87. The van der Waals surface area contributed by atoms with E-state index in [4.69, 9.17) is 4.42 Å². The van der Waals surface area contributed by atoms with Crippen LogP contribution in [-0.2, 0) is 26.2 Å². The van der Waals surface area contributed by atoms with Crippen LogP contribution in [0.3, 0.4) is 0 Å². The van der Waals surface area contributed by atoms with Gasteiger partial charge in [-0.25, -0.2) is 8.42 Å². The fourth-order valence-electron chi connectivity index (χ4n) is 3.58. The van der Waals surface area contributed by atoms with E-state index in [9.17, 15) is 18.0 Å². The molecule has 1 aromatic rings. The van der Waals surface area contributed by atoms with Crippen molar-refractivity contribution in [2.75, 3.05) is 25.9 Å². The van der Waals surface area contributed by atoms with Crippen molar-refractivity contribution in [1.29, 1.82) is 0 Å². The number of nitrogens with one attached hydrogen (secondary N) is 1. The summed E-state index contributed by atoms with van der Waals surface area (Å²) in [7, 11) is -3.30. The third-order valence-electron chi connectivity index (χ3n) is 4.88. The number of carbonyl (C=O) groups is 2. The highest BCUT2D eigenvalue weighted by molar-refractivity contribution is 7.88. The summed E-state index contributed by atoms with van der Waals surface area (Å²) in [5.41, 5.74) is 0. The van der Waals surface area contributed by atoms with Gasteiger partial charge in [-0.1, -0.05) is 0 Å². The lowest BCUT2D eigenvalue weighted by Crippen LogP contribution is -2.48. The predicted octanol–water partition coefficient (Wildman–Crippen LogP) is 0.168. The monoisotopic (exact) mass is 369 g/mol. The maximum atomic E-state index is 12.4. The minimum Gasteiger partial charge on any atom is -0.467 e. The van der Waals surface area contributed by atoms with Crippen LogP contribution in [0.1, 0.15) is 25.0 Å². The number of furan rings is 1. The Bertz CT molecular complexity index is 731. The number of rotatable bonds is 5. The van der Waals surface area contributed by atoms with E-state index in [1.165, 1.54) is 16.8 Å². The normalized spacial score (nSPS) is 24.8. The first-order valence-corrected chi connectivity index (χ1v) is 10.2. The fraction of sp³-hybridized carbons (Fsp3) is 0.625. The number of likely N-dealkylation sites (tertiary alicyclic amines) is 1. The zero-order valence-corrected chi connectivity index (χ0v) is 15.0. The maximum absolute atomic E-state index is 12.4. The molecule has 1 aromatic heterocycles. The minimum absolute atomic E-state index is 0.0572. The molecule has 2 fully saturated rings. The number of nitrogens with zero attached hydrogens (tertiary/aromatic N) is 2. The van der Waals surface area contributed by atoms with Crippen molar-refractivity contribution < 1.29 is 22.4 Å². The summed E-state index contributed by atoms with van der Waals surface area (Å²) in [6.45, 7) is 0.887. The molecule has 25 heavy (non-hydrogen) atoms. The van der Waals surface area contributed by atoms with Crippen LogP contribution in [0.2, 0.25) is 0 Å². The van der Waals surface area contributed by atoms with Crippen LogP contribution in [0, 0.1) is 5.92 Å². The first-order valence-electron chi connectivity index (χ1n) is 8.38. The summed E-state index contributed by atoms with van der Waals surface area (Å²) in [6, 6.07) is 3.26. The molecule has 0 aromatic carbocycles. The van der Waals surface area contributed by atoms with Crippen LogP contribution in [0.5, 0.6) is 0 Å². The minimum atomic E-state index is -3.30. The smallest absolute Gasteiger partial charge is 0.240 e. The molecular formula is C16H23N3O5S. The SMILES string of the molecule is CS(=O)(=O)N1C[C@H]2CCCC(=O)N(CC(=O)NCc3ccco3)[C@H]2C1. The molecular weight excluding hydrogens is 346 g/mol. The van der Waals surface area contributed by atoms with Gasteiger partial charge in [-0.2, -0.15) is 4.31 Å². The molecule has 9 heteroatoms. The topological polar surface area (TPSA) is 99.9 Å². The van der Waals surface area contributed by atoms with Gasteiger partial charge < -0.3 is 14.6 Å². The van der Waals surface area contributed by atoms with E-state index in [-0.39, 0.29) is 43.4 Å². The molecule has 0 unspecified atom stereocenters. The van der Waals surface area contributed by atoms with Crippen LogP contribution in [0.25, 0.3) is 0 Å². The van der Waals surface area contributed by atoms with Crippen molar-refractivity contribution in [3.05, 3.63) is 24.2 Å². The van der Waals surface area contributed by atoms with E-state index in [2.05, 4.69) is 5.32 Å². The Morgan fingerprint density at radius 2 is 2.20 bits per heavy atom. The Kier molecular flexibility index (Phi) is 5.14. The summed E-state index contributed by atoms with van der Waals surface area (Å²) >= 11 is 0. The van der Waals surface area contributed by atoms with Crippen molar-refractivity contribution in [1.82, 2.24) is 14.5 Å². The Morgan fingerprint density at radius 1 is 1.40 bits per heavy atom. The molecule has 2 atom stereocenters. The molecule has 2 saturated heterocycles. The Labute approximate surface area is 147 Å². The van der Waals surface area contributed by atoms with Crippen molar-refractivity contribution in [2.45, 2.75) is 31.8 Å². The lowest BCUT2D eigenvalue weighted by Gasteiger charge is -2.29. The average molecular weight is 369 g/mol. The number of carbonyl (C=O) groups excluding carboxylic acids is 2. The summed E-state index contributed by atoms with van der Waals surface area (Å²) in [6.07, 6.45) is 4.63. The molecule has 0 spiro atoms. The van der Waals surface area contributed by atoms with Crippen LogP contribution < -0.4 is 5.32 Å². The molecule has 138 valence electrons. The zero-order chi connectivity index (χ0) is 18.0. The average Bonchev–Trinajstić information content (AvgIpc) is 3.17. The van der Waals surface area contributed by atoms with Gasteiger partial charge in [0, 0.05) is 19.5 Å². The largest absolute Gasteiger partial charge is 0.467 e. The highest BCUT2D eigenvalue weighted by Gasteiger charge is 2.43. The van der Waals surface area contributed by atoms with Gasteiger partial charge in [0.15, 0.2) is 0 Å². The molecule has 0 radical (unpaired) electrons. The van der Waals surface area contributed by atoms with E-state index >= 15 is 0 Å². The standard InChI is InChI=1S/C16H23N3O5S/c1-25(22,23)18-9-12-4-2-6-16(21)19(14(12)10-18)11-15(20)17-8-13-5-3-7-24-13/h3,5,7,12,14H,2,4,6,8-11H2,1H3,(H,17,20)/t12-,14+/m1/s1. The summed E-state index contributed by atoms with van der Waals surface area (Å²) in [5, 5.41) is 2.74. The van der Waals surface area contributed by atoms with Crippen molar-refractivity contribution >= 4 is 21.8 Å². The molecule has 8 nitrogen and oxygen atoms in total. The van der Waals surface area contributed by atoms with Gasteiger partial charge in [-0.05, 0) is 30.9 Å². The zero-order valence-electron chi connectivity index (χ0n) is 14.2. The van der Waals surface area contributed by atoms with E-state index in [0.717, 1.165) is 12.8 Å². The molecule has 2 amide bonds. The highest BCUT2D eigenvalue weighted by atomic mass is 32.2. The number of hydrogen-bond acceptors (Lipinski definition) is 5. The van der Waals surface area contributed by atoms with Crippen LogP contribution in [0.4, 0.5) is 0 Å². The second-order valence-electron chi connectivity index (χ2n) is 6.68. The van der Waals surface area contributed by atoms with Gasteiger partial charge in [0.2, 0.25) is 21.8 Å². The van der Waals surface area contributed by atoms with Crippen molar-refractivity contribution in [2.24, 2.45) is 5.92 Å². The van der Waals surface area contributed by atoms with Gasteiger partial charge >= 0.3 is 0 Å². The first-order chi connectivity index (χ1) is 11.8. The van der Waals surface area contributed by atoms with Crippen molar-refractivity contribution in [3.63, 3.8) is 0 Å². The molecule has 0 saturated carbocycles. The third-order valence-corrected chi connectivity index (χ3v) is 6.12. The van der Waals surface area contributed by atoms with Gasteiger partial charge in [0.25, 0.3) is 0 Å². The summed E-state index contributed by atoms with van der Waals surface area (Å²) in [4.78, 5) is 26.2. The number of sulfonamides is 1. The van der Waals surface area contributed by atoms with E-state index in [0.29, 0.717) is 18.7 Å². The fourth-order valence-corrected chi connectivity index (χ4v) is 4.47. The van der Waals surface area contributed by atoms with Crippen LogP contribution >= 0.6 is 0 Å². The summed E-state index contributed by atoms with van der Waals surface area (Å²) in [5.74, 6) is 0.357. The number of amides is 2. The van der Waals surface area contributed by atoms with Gasteiger partial charge in [0.1, 0.15) is 5.76 Å². The van der Waals surface area contributed by atoms with E-state index in [1.807, 2.05) is 0 Å². The number of fused-ring (bicyclic) bond motifs is 1. The Morgan fingerprint density at radius 3 is 2.88 bits per heavy atom. The Balaban J connectivity index is 1.66. The van der Waals surface area contributed by atoms with Gasteiger partial charge in [0.05, 0.1) is 31.7 Å². The highest BCUT2D eigenvalue weighted by Crippen LogP contribution is 2.31. The molecule has 3 rings (SSSR count). The molecule has 1 N–H and O–H groups in total. The quantitative estimate of drug-likeness (QED) is 0.797. The molecule has 2 aliphatic heterocycles. The third kappa shape index (κ3) is 4.21. The molecule has 3 heterocycles. The van der Waals surface area contributed by atoms with Gasteiger partial charge in [-0.3, -0.25) is 9.59 Å². The summed E-state index contributed by atoms with van der Waals surface area (Å²) < 4.78 is 30.3. The lowest BCUT2D eigenvalue weighted by molar-refractivity contribution is -0.138. The van der Waals surface area contributed by atoms with Crippen LogP contribution in [-0.4, -0.2) is 61.4 Å². The van der Waals surface area contributed by atoms with E-state index in [1.54, 1.807) is 17.0 Å². The molecule has 0 bridgehead atoms. The van der Waals surface area contributed by atoms with Crippen molar-refractivity contribution in [3.8, 4) is 0 Å². The number of hydrogen-bond donors (Lipinski definition) is 1. The first kappa shape index (κ1) is 17.9. The predicted molar refractivity (Wildman–Crippen MR) is 89.8 cm³/mol. The lowest BCUT2D eigenvalue weighted by atomic mass is 9.98. The molecule has 2 aliphatic rings. The van der Waals surface area contributed by atoms with E-state index < -0.39 is 10.0 Å². The van der Waals surface area contributed by atoms with Crippen LogP contribution in [0.15, 0.2) is 22.8 Å². The van der Waals surface area contributed by atoms with Gasteiger partial charge in [-0.15, -0.1) is 0 Å².